The molecule has 150 valence electrons. The van der Waals surface area contributed by atoms with Crippen molar-refractivity contribution in [2.24, 2.45) is 0 Å². The molecule has 2 fully saturated rings. The van der Waals surface area contributed by atoms with E-state index in [0.717, 1.165) is 5.69 Å². The predicted octanol–water partition coefficient (Wildman–Crippen LogP) is 0.918. The highest BCUT2D eigenvalue weighted by Crippen LogP contribution is 2.21. The zero-order valence-corrected chi connectivity index (χ0v) is 15.7. The maximum atomic E-state index is 12.4. The van der Waals surface area contributed by atoms with Crippen molar-refractivity contribution in [2.45, 2.75) is 12.8 Å². The lowest BCUT2D eigenvalue weighted by atomic mass is 10.2. The molecule has 0 saturated carbocycles. The highest BCUT2D eigenvalue weighted by molar-refractivity contribution is 6.01. The van der Waals surface area contributed by atoms with Gasteiger partial charge in [0.05, 0.1) is 4.92 Å². The fourth-order valence-corrected chi connectivity index (χ4v) is 3.43. The molecule has 10 nitrogen and oxygen atoms in total. The standard InChI is InChI=1S/C18H23N5O5/c1-19-13-17(25)22(18(19)26)8-2-3-16(24)21-11-9-20(10-12-21)14-4-6-15(7-5-14)23(27)28/h4-7H,2-3,8-13H2,1H3. The molecule has 0 unspecified atom stereocenters. The molecule has 10 heteroatoms. The number of likely N-dealkylation sites (N-methyl/N-ethyl adjacent to an activating group) is 1. The van der Waals surface area contributed by atoms with Crippen LogP contribution in [0.1, 0.15) is 12.8 Å². The molecular formula is C18H23N5O5. The van der Waals surface area contributed by atoms with E-state index in [1.165, 1.54) is 21.9 Å². The van der Waals surface area contributed by atoms with Gasteiger partial charge in [0.2, 0.25) is 11.8 Å². The number of carbonyl (C=O) groups excluding carboxylic acids is 3. The minimum atomic E-state index is -0.429. The molecular weight excluding hydrogens is 366 g/mol. The van der Waals surface area contributed by atoms with E-state index in [0.29, 0.717) is 32.6 Å². The lowest BCUT2D eigenvalue weighted by Gasteiger charge is -2.36. The van der Waals surface area contributed by atoms with Crippen molar-refractivity contribution in [3.8, 4) is 0 Å². The van der Waals surface area contributed by atoms with E-state index in [9.17, 15) is 24.5 Å². The summed E-state index contributed by atoms with van der Waals surface area (Å²) in [6.45, 7) is 2.79. The first-order valence-corrected chi connectivity index (χ1v) is 9.19. The first kappa shape index (κ1) is 19.6. The molecule has 0 radical (unpaired) electrons. The number of nitro groups is 1. The van der Waals surface area contributed by atoms with Gasteiger partial charge in [0.25, 0.3) is 5.69 Å². The summed E-state index contributed by atoms with van der Waals surface area (Å²) in [5.41, 5.74) is 0.951. The van der Waals surface area contributed by atoms with Crippen molar-refractivity contribution in [2.75, 3.05) is 51.2 Å². The molecule has 1 aromatic carbocycles. The van der Waals surface area contributed by atoms with E-state index in [1.807, 2.05) is 0 Å². The Morgan fingerprint density at radius 2 is 1.75 bits per heavy atom. The third kappa shape index (κ3) is 4.21. The van der Waals surface area contributed by atoms with E-state index in [-0.39, 0.29) is 43.0 Å². The summed E-state index contributed by atoms with van der Waals surface area (Å²) in [5.74, 6) is -0.215. The molecule has 0 N–H and O–H groups in total. The second-order valence-electron chi connectivity index (χ2n) is 6.93. The molecule has 2 heterocycles. The van der Waals surface area contributed by atoms with Crippen LogP contribution in [0.3, 0.4) is 0 Å². The highest BCUT2D eigenvalue weighted by atomic mass is 16.6. The molecule has 2 aliphatic rings. The van der Waals surface area contributed by atoms with Crippen LogP contribution in [0.15, 0.2) is 24.3 Å². The molecule has 2 saturated heterocycles. The number of nitro benzene ring substituents is 1. The number of hydrogen-bond donors (Lipinski definition) is 0. The monoisotopic (exact) mass is 389 g/mol. The van der Waals surface area contributed by atoms with E-state index >= 15 is 0 Å². The van der Waals surface area contributed by atoms with Gasteiger partial charge in [0, 0.05) is 64.0 Å². The van der Waals surface area contributed by atoms with Crippen LogP contribution in [-0.4, -0.2) is 83.8 Å². The molecule has 0 spiro atoms. The summed E-state index contributed by atoms with van der Waals surface area (Å²) in [6.07, 6.45) is 0.741. The Balaban J connectivity index is 1.43. The van der Waals surface area contributed by atoms with E-state index in [1.54, 1.807) is 24.1 Å². The number of hydrogen-bond acceptors (Lipinski definition) is 6. The van der Waals surface area contributed by atoms with Gasteiger partial charge in [-0.3, -0.25) is 24.6 Å². The fourth-order valence-electron chi connectivity index (χ4n) is 3.43. The Morgan fingerprint density at radius 3 is 2.29 bits per heavy atom. The minimum Gasteiger partial charge on any atom is -0.368 e. The average molecular weight is 389 g/mol. The lowest BCUT2D eigenvalue weighted by molar-refractivity contribution is -0.384. The summed E-state index contributed by atoms with van der Waals surface area (Å²) < 4.78 is 0. The Hall–Kier alpha value is -3.17. The van der Waals surface area contributed by atoms with Crippen LogP contribution in [-0.2, 0) is 9.59 Å². The molecule has 4 amide bonds. The topological polar surface area (TPSA) is 107 Å². The zero-order valence-electron chi connectivity index (χ0n) is 15.7. The third-order valence-corrected chi connectivity index (χ3v) is 5.06. The quantitative estimate of drug-likeness (QED) is 0.407. The van der Waals surface area contributed by atoms with Crippen LogP contribution in [0.25, 0.3) is 0 Å². The van der Waals surface area contributed by atoms with Crippen molar-refractivity contribution in [1.82, 2.24) is 14.7 Å². The van der Waals surface area contributed by atoms with Gasteiger partial charge in [-0.25, -0.2) is 4.79 Å². The number of carbonyl (C=O) groups is 3. The number of anilines is 1. The van der Waals surface area contributed by atoms with E-state index in [4.69, 9.17) is 0 Å². The number of urea groups is 1. The second kappa shape index (κ2) is 8.24. The average Bonchev–Trinajstić information content (AvgIpc) is 2.94. The summed E-state index contributed by atoms with van der Waals surface area (Å²) in [6, 6.07) is 6.08. The summed E-state index contributed by atoms with van der Waals surface area (Å²) in [5, 5.41) is 10.7. The minimum absolute atomic E-state index is 0.01000. The molecule has 1 aromatic rings. The number of nitrogens with zero attached hydrogens (tertiary/aromatic N) is 5. The third-order valence-electron chi connectivity index (χ3n) is 5.06. The van der Waals surface area contributed by atoms with Gasteiger partial charge >= 0.3 is 6.03 Å². The van der Waals surface area contributed by atoms with Crippen LogP contribution >= 0.6 is 0 Å². The lowest BCUT2D eigenvalue weighted by Crippen LogP contribution is -2.48. The van der Waals surface area contributed by atoms with Gasteiger partial charge in [0.15, 0.2) is 0 Å². The van der Waals surface area contributed by atoms with Crippen LogP contribution in [0.5, 0.6) is 0 Å². The van der Waals surface area contributed by atoms with Crippen molar-refractivity contribution in [3.63, 3.8) is 0 Å². The van der Waals surface area contributed by atoms with Gasteiger partial charge in [-0.2, -0.15) is 0 Å². The molecule has 0 aromatic heterocycles. The summed E-state index contributed by atoms with van der Waals surface area (Å²) in [4.78, 5) is 52.7. The molecule has 28 heavy (non-hydrogen) atoms. The zero-order chi connectivity index (χ0) is 20.3. The fraction of sp³-hybridized carbons (Fsp3) is 0.500. The van der Waals surface area contributed by atoms with Crippen LogP contribution in [0.4, 0.5) is 16.2 Å². The van der Waals surface area contributed by atoms with Crippen LogP contribution in [0, 0.1) is 10.1 Å². The molecule has 0 atom stereocenters. The van der Waals surface area contributed by atoms with Crippen molar-refractivity contribution in [1.29, 1.82) is 0 Å². The van der Waals surface area contributed by atoms with Crippen molar-refractivity contribution in [3.05, 3.63) is 34.4 Å². The van der Waals surface area contributed by atoms with Crippen molar-refractivity contribution < 1.29 is 19.3 Å². The van der Waals surface area contributed by atoms with Crippen LogP contribution in [0.2, 0.25) is 0 Å². The Labute approximate surface area is 162 Å². The molecule has 3 rings (SSSR count). The number of benzene rings is 1. The van der Waals surface area contributed by atoms with Crippen molar-refractivity contribution >= 4 is 29.2 Å². The smallest absolute Gasteiger partial charge is 0.326 e. The Bertz CT molecular complexity index is 773. The largest absolute Gasteiger partial charge is 0.368 e. The molecule has 0 aliphatic carbocycles. The van der Waals surface area contributed by atoms with Gasteiger partial charge < -0.3 is 14.7 Å². The summed E-state index contributed by atoms with van der Waals surface area (Å²) in [7, 11) is 1.58. The Morgan fingerprint density at radius 1 is 1.11 bits per heavy atom. The SMILES string of the molecule is CN1CC(=O)N(CCCC(=O)N2CCN(c3ccc([N+](=O)[O-])cc3)CC2)C1=O. The predicted molar refractivity (Wildman–Crippen MR) is 101 cm³/mol. The maximum Gasteiger partial charge on any atom is 0.326 e. The second-order valence-corrected chi connectivity index (χ2v) is 6.93. The van der Waals surface area contributed by atoms with Gasteiger partial charge in [0.1, 0.15) is 6.54 Å². The number of imide groups is 1. The van der Waals surface area contributed by atoms with Gasteiger partial charge in [-0.15, -0.1) is 0 Å². The first-order chi connectivity index (χ1) is 13.4. The number of piperazine rings is 1. The normalized spacial score (nSPS) is 17.5. The molecule has 2 aliphatic heterocycles. The maximum absolute atomic E-state index is 12.4. The van der Waals surface area contributed by atoms with E-state index < -0.39 is 4.92 Å². The number of non-ortho nitro benzene ring substituents is 1. The first-order valence-electron chi connectivity index (χ1n) is 9.19. The highest BCUT2D eigenvalue weighted by Gasteiger charge is 2.33. The Kier molecular flexibility index (Phi) is 5.76. The summed E-state index contributed by atoms with van der Waals surface area (Å²) >= 11 is 0. The number of amides is 4. The van der Waals surface area contributed by atoms with E-state index in [2.05, 4.69) is 4.90 Å². The van der Waals surface area contributed by atoms with Gasteiger partial charge in [-0.05, 0) is 18.6 Å². The molecule has 0 bridgehead atoms. The van der Waals surface area contributed by atoms with Gasteiger partial charge in [-0.1, -0.05) is 0 Å². The van der Waals surface area contributed by atoms with Crippen LogP contribution < -0.4 is 4.90 Å². The number of rotatable bonds is 6.